The third-order valence-corrected chi connectivity index (χ3v) is 5.17. The highest BCUT2D eigenvalue weighted by atomic mass is 16.2. The van der Waals surface area contributed by atoms with E-state index in [0.29, 0.717) is 5.56 Å². The molecule has 0 spiro atoms. The van der Waals surface area contributed by atoms with E-state index in [4.69, 9.17) is 0 Å². The van der Waals surface area contributed by atoms with E-state index in [-0.39, 0.29) is 5.91 Å². The number of piperazine rings is 1. The van der Waals surface area contributed by atoms with Crippen molar-refractivity contribution < 1.29 is 4.79 Å². The van der Waals surface area contributed by atoms with Crippen molar-refractivity contribution in [3.8, 4) is 0 Å². The van der Waals surface area contributed by atoms with Crippen molar-refractivity contribution >= 4 is 17.4 Å². The van der Waals surface area contributed by atoms with Gasteiger partial charge in [0.2, 0.25) is 0 Å². The second kappa shape index (κ2) is 8.89. The molecule has 0 N–H and O–H groups in total. The van der Waals surface area contributed by atoms with Crippen molar-refractivity contribution in [3.05, 3.63) is 53.7 Å². The molecule has 5 heteroatoms. The Labute approximate surface area is 162 Å². The molecule has 2 aromatic rings. The van der Waals surface area contributed by atoms with E-state index < -0.39 is 0 Å². The number of hydrogen-bond acceptors (Lipinski definition) is 4. The van der Waals surface area contributed by atoms with Gasteiger partial charge in [0.1, 0.15) is 5.82 Å². The normalized spacial score (nSPS) is 14.3. The van der Waals surface area contributed by atoms with Crippen LogP contribution in [0.2, 0.25) is 0 Å². The van der Waals surface area contributed by atoms with Gasteiger partial charge in [-0.3, -0.25) is 4.79 Å². The number of aromatic nitrogens is 1. The predicted octanol–water partition coefficient (Wildman–Crippen LogP) is 3.59. The van der Waals surface area contributed by atoms with Crippen LogP contribution in [-0.2, 0) is 0 Å². The van der Waals surface area contributed by atoms with Crippen LogP contribution in [0.5, 0.6) is 0 Å². The zero-order chi connectivity index (χ0) is 19.2. The Kier molecular flexibility index (Phi) is 6.32. The minimum Gasteiger partial charge on any atom is -0.368 e. The molecule has 1 aliphatic heterocycles. The molecule has 1 aromatic carbocycles. The Bertz CT molecular complexity index is 751. The van der Waals surface area contributed by atoms with Crippen molar-refractivity contribution in [1.29, 1.82) is 0 Å². The first-order valence-electron chi connectivity index (χ1n) is 9.86. The minimum atomic E-state index is 0.0779. The standard InChI is InChI=1S/C22H30N4O/c1-4-5-11-24(3)21-10-9-19(17-23-21)22(27)26-14-12-25(13-15-26)20-8-6-7-18(2)16-20/h6-10,16-17H,4-5,11-15H2,1-3H3. The number of carbonyl (C=O) groups excluding carboxylic acids is 1. The number of benzene rings is 1. The summed E-state index contributed by atoms with van der Waals surface area (Å²) in [5.74, 6) is 0.999. The molecule has 2 heterocycles. The van der Waals surface area contributed by atoms with Crippen LogP contribution in [0.15, 0.2) is 42.6 Å². The number of anilines is 2. The third-order valence-electron chi connectivity index (χ3n) is 5.17. The van der Waals surface area contributed by atoms with Crippen molar-refractivity contribution in [3.63, 3.8) is 0 Å². The van der Waals surface area contributed by atoms with E-state index in [9.17, 15) is 4.79 Å². The van der Waals surface area contributed by atoms with E-state index in [2.05, 4.69) is 52.9 Å². The number of rotatable bonds is 6. The van der Waals surface area contributed by atoms with Gasteiger partial charge in [0, 0.05) is 51.7 Å². The van der Waals surface area contributed by atoms with Crippen LogP contribution in [0, 0.1) is 6.92 Å². The number of aryl methyl sites for hydroxylation is 1. The van der Waals surface area contributed by atoms with Gasteiger partial charge >= 0.3 is 0 Å². The minimum absolute atomic E-state index is 0.0779. The Morgan fingerprint density at radius 3 is 2.56 bits per heavy atom. The fourth-order valence-corrected chi connectivity index (χ4v) is 3.42. The van der Waals surface area contributed by atoms with Gasteiger partial charge in [0.15, 0.2) is 0 Å². The lowest BCUT2D eigenvalue weighted by atomic mass is 10.1. The first-order valence-corrected chi connectivity index (χ1v) is 9.86. The van der Waals surface area contributed by atoms with E-state index in [1.54, 1.807) is 6.20 Å². The average molecular weight is 367 g/mol. The molecule has 0 bridgehead atoms. The second-order valence-corrected chi connectivity index (χ2v) is 7.30. The molecule has 144 valence electrons. The maximum atomic E-state index is 12.8. The van der Waals surface area contributed by atoms with Crippen LogP contribution < -0.4 is 9.80 Å². The molecule has 1 aliphatic rings. The highest BCUT2D eigenvalue weighted by Crippen LogP contribution is 2.19. The van der Waals surface area contributed by atoms with E-state index in [1.807, 2.05) is 24.1 Å². The lowest BCUT2D eigenvalue weighted by Gasteiger charge is -2.36. The van der Waals surface area contributed by atoms with Crippen molar-refractivity contribution in [2.75, 3.05) is 49.6 Å². The molecule has 1 amide bonds. The average Bonchev–Trinajstić information content (AvgIpc) is 2.71. The summed E-state index contributed by atoms with van der Waals surface area (Å²) in [6.45, 7) is 8.48. The maximum Gasteiger partial charge on any atom is 0.255 e. The molecule has 1 fully saturated rings. The zero-order valence-electron chi connectivity index (χ0n) is 16.7. The number of nitrogens with zero attached hydrogens (tertiary/aromatic N) is 4. The third kappa shape index (κ3) is 4.79. The molecule has 5 nitrogen and oxygen atoms in total. The van der Waals surface area contributed by atoms with Gasteiger partial charge in [-0.05, 0) is 43.2 Å². The summed E-state index contributed by atoms with van der Waals surface area (Å²) < 4.78 is 0. The number of pyridine rings is 1. The summed E-state index contributed by atoms with van der Waals surface area (Å²) in [4.78, 5) is 23.7. The van der Waals surface area contributed by atoms with Gasteiger partial charge in [-0.15, -0.1) is 0 Å². The zero-order valence-corrected chi connectivity index (χ0v) is 16.7. The largest absolute Gasteiger partial charge is 0.368 e. The van der Waals surface area contributed by atoms with Gasteiger partial charge in [-0.25, -0.2) is 4.98 Å². The van der Waals surface area contributed by atoms with Crippen molar-refractivity contribution in [2.24, 2.45) is 0 Å². The maximum absolute atomic E-state index is 12.8. The predicted molar refractivity (Wildman–Crippen MR) is 112 cm³/mol. The smallest absolute Gasteiger partial charge is 0.255 e. The summed E-state index contributed by atoms with van der Waals surface area (Å²) in [5.41, 5.74) is 3.18. The molecular weight excluding hydrogens is 336 g/mol. The molecule has 1 saturated heterocycles. The lowest BCUT2D eigenvalue weighted by Crippen LogP contribution is -2.48. The molecule has 0 radical (unpaired) electrons. The van der Waals surface area contributed by atoms with Gasteiger partial charge in [-0.2, -0.15) is 0 Å². The van der Waals surface area contributed by atoms with Crippen molar-refractivity contribution in [1.82, 2.24) is 9.88 Å². The number of amides is 1. The molecular formula is C22H30N4O. The molecule has 27 heavy (non-hydrogen) atoms. The molecule has 3 rings (SSSR count). The van der Waals surface area contributed by atoms with Crippen LogP contribution in [0.1, 0.15) is 35.7 Å². The quantitative estimate of drug-likeness (QED) is 0.783. The van der Waals surface area contributed by atoms with Crippen LogP contribution in [0.4, 0.5) is 11.5 Å². The Balaban J connectivity index is 1.57. The monoisotopic (exact) mass is 366 g/mol. The van der Waals surface area contributed by atoms with E-state index >= 15 is 0 Å². The highest BCUT2D eigenvalue weighted by Gasteiger charge is 2.22. The Morgan fingerprint density at radius 1 is 1.15 bits per heavy atom. The SMILES string of the molecule is CCCCN(C)c1ccc(C(=O)N2CCN(c3cccc(C)c3)CC2)cn1. The summed E-state index contributed by atoms with van der Waals surface area (Å²) >= 11 is 0. The van der Waals surface area contributed by atoms with Crippen LogP contribution in [-0.4, -0.2) is 55.6 Å². The van der Waals surface area contributed by atoms with E-state index in [1.165, 1.54) is 11.3 Å². The fraction of sp³-hybridized carbons (Fsp3) is 0.455. The first kappa shape index (κ1) is 19.2. The molecule has 0 saturated carbocycles. The van der Waals surface area contributed by atoms with E-state index in [0.717, 1.165) is 51.4 Å². The molecule has 0 atom stereocenters. The Hall–Kier alpha value is -2.56. The van der Waals surface area contributed by atoms with Crippen LogP contribution in [0.25, 0.3) is 0 Å². The summed E-state index contributed by atoms with van der Waals surface area (Å²) in [6, 6.07) is 12.4. The molecule has 1 aromatic heterocycles. The van der Waals surface area contributed by atoms with Gasteiger partial charge < -0.3 is 14.7 Å². The van der Waals surface area contributed by atoms with Gasteiger partial charge in [-0.1, -0.05) is 25.5 Å². The summed E-state index contributed by atoms with van der Waals surface area (Å²) in [7, 11) is 2.05. The second-order valence-electron chi connectivity index (χ2n) is 7.30. The lowest BCUT2D eigenvalue weighted by molar-refractivity contribution is 0.0746. The summed E-state index contributed by atoms with van der Waals surface area (Å²) in [6.07, 6.45) is 4.02. The van der Waals surface area contributed by atoms with Crippen LogP contribution in [0.3, 0.4) is 0 Å². The molecule has 0 aliphatic carbocycles. The first-order chi connectivity index (χ1) is 13.1. The van der Waals surface area contributed by atoms with Crippen molar-refractivity contribution in [2.45, 2.75) is 26.7 Å². The topological polar surface area (TPSA) is 39.7 Å². The Morgan fingerprint density at radius 2 is 1.93 bits per heavy atom. The van der Waals surface area contributed by atoms with Gasteiger partial charge in [0.05, 0.1) is 5.56 Å². The number of unbranched alkanes of at least 4 members (excludes halogenated alkanes) is 1. The summed E-state index contributed by atoms with van der Waals surface area (Å²) in [5, 5.41) is 0. The number of hydrogen-bond donors (Lipinski definition) is 0. The highest BCUT2D eigenvalue weighted by molar-refractivity contribution is 5.94. The van der Waals surface area contributed by atoms with Crippen LogP contribution >= 0.6 is 0 Å². The number of carbonyl (C=O) groups is 1. The molecule has 0 unspecified atom stereocenters. The fourth-order valence-electron chi connectivity index (χ4n) is 3.42. The van der Waals surface area contributed by atoms with Gasteiger partial charge in [0.25, 0.3) is 5.91 Å².